The number of rotatable bonds is 4. The second kappa shape index (κ2) is 6.54. The van der Waals surface area contributed by atoms with Gasteiger partial charge in [-0.1, -0.05) is 18.2 Å². The summed E-state index contributed by atoms with van der Waals surface area (Å²) in [6.07, 6.45) is 1.16. The number of hydrogen-bond acceptors (Lipinski definition) is 3. The summed E-state index contributed by atoms with van der Waals surface area (Å²) < 4.78 is 13.5. The smallest absolute Gasteiger partial charge is 0.234 e. The number of nitrogens with one attached hydrogen (secondary N) is 2. The summed E-state index contributed by atoms with van der Waals surface area (Å²) in [5.41, 5.74) is 0.532. The lowest BCUT2D eigenvalue weighted by molar-refractivity contribution is -0.122. The van der Waals surface area contributed by atoms with Crippen LogP contribution in [0.2, 0.25) is 0 Å². The van der Waals surface area contributed by atoms with E-state index in [0.717, 1.165) is 38.5 Å². The number of halogens is 1. The van der Waals surface area contributed by atoms with Crippen molar-refractivity contribution in [2.24, 2.45) is 11.8 Å². The summed E-state index contributed by atoms with van der Waals surface area (Å²) in [7, 11) is 0. The van der Waals surface area contributed by atoms with Crippen molar-refractivity contribution in [1.29, 1.82) is 0 Å². The van der Waals surface area contributed by atoms with E-state index in [2.05, 4.69) is 15.5 Å². The standard InChI is InChI=1S/C16H22FN3O/c17-15-4-2-1-3-13(15)9-19-16(21)11-20-6-5-12-7-18-8-14(12)10-20/h1-4,12,14,18H,5-11H2,(H,19,21). The highest BCUT2D eigenvalue weighted by Gasteiger charge is 2.33. The zero-order valence-corrected chi connectivity index (χ0v) is 12.1. The van der Waals surface area contributed by atoms with Crippen molar-refractivity contribution < 1.29 is 9.18 Å². The Labute approximate surface area is 124 Å². The van der Waals surface area contributed by atoms with Crippen LogP contribution in [0.5, 0.6) is 0 Å². The summed E-state index contributed by atoms with van der Waals surface area (Å²) in [5, 5.41) is 6.23. The maximum absolute atomic E-state index is 13.5. The Kier molecular flexibility index (Phi) is 4.51. The highest BCUT2D eigenvalue weighted by molar-refractivity contribution is 5.78. The molecular weight excluding hydrogens is 269 g/mol. The van der Waals surface area contributed by atoms with Gasteiger partial charge in [0, 0.05) is 18.7 Å². The molecule has 0 saturated carbocycles. The molecule has 2 atom stereocenters. The van der Waals surface area contributed by atoms with Crippen LogP contribution in [0.4, 0.5) is 4.39 Å². The monoisotopic (exact) mass is 291 g/mol. The van der Waals surface area contributed by atoms with Gasteiger partial charge >= 0.3 is 0 Å². The van der Waals surface area contributed by atoms with Crippen molar-refractivity contribution in [1.82, 2.24) is 15.5 Å². The van der Waals surface area contributed by atoms with Crippen molar-refractivity contribution in [3.8, 4) is 0 Å². The van der Waals surface area contributed by atoms with Gasteiger partial charge in [-0.05, 0) is 44.0 Å². The lowest BCUT2D eigenvalue weighted by Gasteiger charge is -2.33. The molecular formula is C16H22FN3O. The number of amides is 1. The highest BCUT2D eigenvalue weighted by atomic mass is 19.1. The summed E-state index contributed by atoms with van der Waals surface area (Å²) in [6.45, 7) is 4.83. The molecule has 2 aliphatic heterocycles. The number of fused-ring (bicyclic) bond motifs is 1. The van der Waals surface area contributed by atoms with Crippen LogP contribution in [0.15, 0.2) is 24.3 Å². The summed E-state index contributed by atoms with van der Waals surface area (Å²) in [6, 6.07) is 6.55. The molecule has 0 aliphatic carbocycles. The zero-order valence-electron chi connectivity index (χ0n) is 12.1. The zero-order chi connectivity index (χ0) is 14.7. The molecule has 2 fully saturated rings. The SMILES string of the molecule is O=C(CN1CCC2CNCC2C1)NCc1ccccc1F. The Morgan fingerprint density at radius 3 is 3.00 bits per heavy atom. The fourth-order valence-electron chi connectivity index (χ4n) is 3.35. The number of hydrogen-bond donors (Lipinski definition) is 2. The van der Waals surface area contributed by atoms with E-state index >= 15 is 0 Å². The molecule has 4 nitrogen and oxygen atoms in total. The third-order valence-corrected chi connectivity index (χ3v) is 4.59. The van der Waals surface area contributed by atoms with Crippen molar-refractivity contribution in [3.05, 3.63) is 35.6 Å². The lowest BCUT2D eigenvalue weighted by atomic mass is 9.89. The quantitative estimate of drug-likeness (QED) is 0.869. The van der Waals surface area contributed by atoms with Crippen LogP contribution in [0.3, 0.4) is 0 Å². The highest BCUT2D eigenvalue weighted by Crippen LogP contribution is 2.26. The van der Waals surface area contributed by atoms with Gasteiger partial charge in [-0.15, -0.1) is 0 Å². The second-order valence-electron chi connectivity index (χ2n) is 6.07. The summed E-state index contributed by atoms with van der Waals surface area (Å²) >= 11 is 0. The molecule has 0 aromatic heterocycles. The Bertz CT molecular complexity index is 508. The van der Waals surface area contributed by atoms with Gasteiger partial charge in [-0.25, -0.2) is 4.39 Å². The van der Waals surface area contributed by atoms with Crippen molar-refractivity contribution in [2.75, 3.05) is 32.7 Å². The Hall–Kier alpha value is -1.46. The van der Waals surface area contributed by atoms with E-state index in [1.54, 1.807) is 18.2 Å². The molecule has 1 aromatic rings. The predicted octanol–water partition coefficient (Wildman–Crippen LogP) is 0.983. The molecule has 0 bridgehead atoms. The largest absolute Gasteiger partial charge is 0.351 e. The van der Waals surface area contributed by atoms with Gasteiger partial charge in [-0.2, -0.15) is 0 Å². The molecule has 5 heteroatoms. The fraction of sp³-hybridized carbons (Fsp3) is 0.562. The Morgan fingerprint density at radius 2 is 2.14 bits per heavy atom. The molecule has 2 unspecified atom stereocenters. The van der Waals surface area contributed by atoms with Crippen LogP contribution in [-0.4, -0.2) is 43.5 Å². The first-order valence-electron chi connectivity index (χ1n) is 7.65. The van der Waals surface area contributed by atoms with E-state index < -0.39 is 0 Å². The molecule has 21 heavy (non-hydrogen) atoms. The van der Waals surface area contributed by atoms with Crippen molar-refractivity contribution in [3.63, 3.8) is 0 Å². The number of carbonyl (C=O) groups is 1. The summed E-state index contributed by atoms with van der Waals surface area (Å²) in [4.78, 5) is 14.2. The molecule has 2 saturated heterocycles. The molecule has 1 amide bonds. The van der Waals surface area contributed by atoms with E-state index in [1.807, 2.05) is 0 Å². The molecule has 3 rings (SSSR count). The first-order valence-corrected chi connectivity index (χ1v) is 7.65. The maximum Gasteiger partial charge on any atom is 0.234 e. The minimum absolute atomic E-state index is 0.0253. The fourth-order valence-corrected chi connectivity index (χ4v) is 3.35. The van der Waals surface area contributed by atoms with E-state index in [-0.39, 0.29) is 18.3 Å². The van der Waals surface area contributed by atoms with Gasteiger partial charge < -0.3 is 10.6 Å². The van der Waals surface area contributed by atoms with Gasteiger partial charge in [0.15, 0.2) is 0 Å². The molecule has 2 N–H and O–H groups in total. The van der Waals surface area contributed by atoms with Crippen LogP contribution >= 0.6 is 0 Å². The van der Waals surface area contributed by atoms with E-state index in [0.29, 0.717) is 18.0 Å². The Balaban J connectivity index is 1.45. The molecule has 2 heterocycles. The predicted molar refractivity (Wildman–Crippen MR) is 79.2 cm³/mol. The molecule has 114 valence electrons. The maximum atomic E-state index is 13.5. The number of likely N-dealkylation sites (tertiary alicyclic amines) is 1. The minimum atomic E-state index is -0.268. The first-order chi connectivity index (χ1) is 10.2. The van der Waals surface area contributed by atoms with E-state index in [1.165, 1.54) is 6.07 Å². The van der Waals surface area contributed by atoms with Gasteiger partial charge in [0.2, 0.25) is 5.91 Å². The average Bonchev–Trinajstić information content (AvgIpc) is 2.94. The van der Waals surface area contributed by atoms with Gasteiger partial charge in [0.25, 0.3) is 0 Å². The van der Waals surface area contributed by atoms with Crippen LogP contribution in [-0.2, 0) is 11.3 Å². The van der Waals surface area contributed by atoms with E-state index in [4.69, 9.17) is 0 Å². The van der Waals surface area contributed by atoms with Gasteiger partial charge in [0.05, 0.1) is 6.54 Å². The van der Waals surface area contributed by atoms with Crippen molar-refractivity contribution in [2.45, 2.75) is 13.0 Å². The number of benzene rings is 1. The van der Waals surface area contributed by atoms with Gasteiger partial charge in [-0.3, -0.25) is 9.69 Å². The van der Waals surface area contributed by atoms with Crippen LogP contribution < -0.4 is 10.6 Å². The third kappa shape index (κ3) is 3.60. The topological polar surface area (TPSA) is 44.4 Å². The molecule has 1 aromatic carbocycles. The van der Waals surface area contributed by atoms with Crippen molar-refractivity contribution >= 4 is 5.91 Å². The van der Waals surface area contributed by atoms with Crippen LogP contribution in [0.25, 0.3) is 0 Å². The molecule has 0 spiro atoms. The second-order valence-corrected chi connectivity index (χ2v) is 6.07. The first kappa shape index (κ1) is 14.5. The Morgan fingerprint density at radius 1 is 1.33 bits per heavy atom. The van der Waals surface area contributed by atoms with E-state index in [9.17, 15) is 9.18 Å². The van der Waals surface area contributed by atoms with Gasteiger partial charge in [0.1, 0.15) is 5.82 Å². The normalized spacial score (nSPS) is 25.6. The van der Waals surface area contributed by atoms with Crippen LogP contribution in [0.1, 0.15) is 12.0 Å². The number of piperidine rings is 1. The minimum Gasteiger partial charge on any atom is -0.351 e. The number of nitrogens with zero attached hydrogens (tertiary/aromatic N) is 1. The van der Waals surface area contributed by atoms with Crippen LogP contribution in [0, 0.1) is 17.7 Å². The number of carbonyl (C=O) groups excluding carboxylic acids is 1. The average molecular weight is 291 g/mol. The molecule has 0 radical (unpaired) electrons. The lowest BCUT2D eigenvalue weighted by Crippen LogP contribution is -2.45. The molecule has 2 aliphatic rings. The summed E-state index contributed by atoms with van der Waals surface area (Å²) in [5.74, 6) is 1.17. The third-order valence-electron chi connectivity index (χ3n) is 4.59.